The van der Waals surface area contributed by atoms with Crippen LogP contribution in [0.25, 0.3) is 0 Å². The van der Waals surface area contributed by atoms with Crippen molar-refractivity contribution in [3.05, 3.63) is 29.3 Å². The molecule has 1 aliphatic rings. The summed E-state index contributed by atoms with van der Waals surface area (Å²) in [4.78, 5) is 20.4. The number of hydrogen-bond acceptors (Lipinski definition) is 4. The summed E-state index contributed by atoms with van der Waals surface area (Å²) in [6.45, 7) is 12.4. The number of ether oxygens (including phenoxy) is 1. The Hall–Kier alpha value is -2.28. The average molecular weight is 376 g/mol. The lowest BCUT2D eigenvalue weighted by molar-refractivity contribution is -0.130. The van der Waals surface area contributed by atoms with Gasteiger partial charge in [0.25, 0.3) is 0 Å². The number of nitrogens with zero attached hydrogens (tertiary/aromatic N) is 3. The third-order valence-electron chi connectivity index (χ3n) is 4.73. The summed E-state index contributed by atoms with van der Waals surface area (Å²) in [6.07, 6.45) is 0. The third kappa shape index (κ3) is 6.75. The van der Waals surface area contributed by atoms with Crippen molar-refractivity contribution in [2.45, 2.75) is 27.3 Å². The number of guanidine groups is 1. The van der Waals surface area contributed by atoms with E-state index in [2.05, 4.69) is 46.5 Å². The molecule has 0 radical (unpaired) electrons. The molecular weight excluding hydrogens is 342 g/mol. The van der Waals surface area contributed by atoms with Gasteiger partial charge in [-0.3, -0.25) is 9.69 Å². The summed E-state index contributed by atoms with van der Waals surface area (Å²) in [7, 11) is 1.69. The molecule has 1 aromatic rings. The van der Waals surface area contributed by atoms with Gasteiger partial charge in [-0.25, -0.2) is 4.99 Å². The highest BCUT2D eigenvalue weighted by Gasteiger charge is 2.17. The van der Waals surface area contributed by atoms with E-state index in [1.807, 2.05) is 11.0 Å². The Balaban J connectivity index is 1.83. The van der Waals surface area contributed by atoms with Crippen molar-refractivity contribution in [3.8, 4) is 5.75 Å². The monoisotopic (exact) mass is 375 g/mol. The van der Waals surface area contributed by atoms with Gasteiger partial charge in [0.2, 0.25) is 5.91 Å². The van der Waals surface area contributed by atoms with E-state index in [1.165, 1.54) is 5.56 Å². The second-order valence-electron chi connectivity index (χ2n) is 6.78. The van der Waals surface area contributed by atoms with Gasteiger partial charge in [0.15, 0.2) is 5.96 Å². The first-order valence-corrected chi connectivity index (χ1v) is 9.67. The summed E-state index contributed by atoms with van der Waals surface area (Å²) in [5, 5.41) is 6.69. The van der Waals surface area contributed by atoms with Gasteiger partial charge in [-0.15, -0.1) is 0 Å². The van der Waals surface area contributed by atoms with Gasteiger partial charge < -0.3 is 20.3 Å². The summed E-state index contributed by atoms with van der Waals surface area (Å²) < 4.78 is 5.46. The Bertz CT molecular complexity index is 639. The molecule has 0 aromatic heterocycles. The number of piperazine rings is 1. The molecule has 1 heterocycles. The number of carbonyl (C=O) groups is 1. The van der Waals surface area contributed by atoms with E-state index in [-0.39, 0.29) is 5.91 Å². The van der Waals surface area contributed by atoms with E-state index in [0.717, 1.165) is 63.1 Å². The fraction of sp³-hybridized carbons (Fsp3) is 0.600. The van der Waals surface area contributed by atoms with Crippen LogP contribution < -0.4 is 15.4 Å². The largest absolute Gasteiger partial charge is 0.496 e. The van der Waals surface area contributed by atoms with Crippen molar-refractivity contribution in [3.63, 3.8) is 0 Å². The van der Waals surface area contributed by atoms with Gasteiger partial charge in [-0.2, -0.15) is 0 Å². The average Bonchev–Trinajstić information content (AvgIpc) is 2.67. The Kier molecular flexibility index (Phi) is 8.39. The SMILES string of the molecule is CCNC(=NCc1ccc(C)cc1OC)NCCN1CCN(C(C)=O)CC1. The molecule has 1 aliphatic heterocycles. The molecule has 0 spiro atoms. The van der Waals surface area contributed by atoms with Crippen LogP contribution in [0.3, 0.4) is 0 Å². The number of benzene rings is 1. The van der Waals surface area contributed by atoms with E-state index in [1.54, 1.807) is 14.0 Å². The topological polar surface area (TPSA) is 69.2 Å². The summed E-state index contributed by atoms with van der Waals surface area (Å²) in [5.74, 6) is 1.85. The van der Waals surface area contributed by atoms with Gasteiger partial charge in [-0.1, -0.05) is 12.1 Å². The van der Waals surface area contributed by atoms with Crippen LogP contribution in [-0.4, -0.2) is 74.6 Å². The number of methoxy groups -OCH3 is 1. The number of carbonyl (C=O) groups excluding carboxylic acids is 1. The Labute approximate surface area is 162 Å². The Morgan fingerprint density at radius 3 is 2.59 bits per heavy atom. The Morgan fingerprint density at radius 2 is 1.96 bits per heavy atom. The second-order valence-corrected chi connectivity index (χ2v) is 6.78. The predicted molar refractivity (Wildman–Crippen MR) is 109 cm³/mol. The molecule has 7 heteroatoms. The number of rotatable bonds is 7. The minimum Gasteiger partial charge on any atom is -0.496 e. The van der Waals surface area contributed by atoms with Crippen LogP contribution in [0.15, 0.2) is 23.2 Å². The van der Waals surface area contributed by atoms with Crippen LogP contribution in [0.1, 0.15) is 25.0 Å². The lowest BCUT2D eigenvalue weighted by Gasteiger charge is -2.34. The summed E-state index contributed by atoms with van der Waals surface area (Å²) in [6, 6.07) is 6.18. The maximum atomic E-state index is 11.4. The maximum Gasteiger partial charge on any atom is 0.219 e. The first-order valence-electron chi connectivity index (χ1n) is 9.67. The Morgan fingerprint density at radius 1 is 1.22 bits per heavy atom. The van der Waals surface area contributed by atoms with Gasteiger partial charge in [-0.05, 0) is 25.5 Å². The van der Waals surface area contributed by atoms with E-state index < -0.39 is 0 Å². The van der Waals surface area contributed by atoms with Crippen molar-refractivity contribution < 1.29 is 9.53 Å². The molecule has 1 amide bonds. The molecule has 1 fully saturated rings. The van der Waals surface area contributed by atoms with E-state index in [0.29, 0.717) is 6.54 Å². The molecular formula is C20H33N5O2. The highest BCUT2D eigenvalue weighted by atomic mass is 16.5. The molecule has 0 atom stereocenters. The molecule has 0 saturated carbocycles. The number of aliphatic imine (C=N–C) groups is 1. The minimum absolute atomic E-state index is 0.167. The van der Waals surface area contributed by atoms with Crippen molar-refractivity contribution >= 4 is 11.9 Å². The lowest BCUT2D eigenvalue weighted by Crippen LogP contribution is -2.50. The lowest BCUT2D eigenvalue weighted by atomic mass is 10.1. The number of nitrogens with one attached hydrogen (secondary N) is 2. The molecule has 150 valence electrons. The molecule has 0 unspecified atom stereocenters. The third-order valence-corrected chi connectivity index (χ3v) is 4.73. The van der Waals surface area contributed by atoms with Gasteiger partial charge >= 0.3 is 0 Å². The molecule has 7 nitrogen and oxygen atoms in total. The standard InChI is InChI=1S/C20H33N5O2/c1-5-21-20(23-15-18-7-6-16(2)14-19(18)27-4)22-8-9-24-10-12-25(13-11-24)17(3)26/h6-7,14H,5,8-13,15H2,1-4H3,(H2,21,22,23). The van der Waals surface area contributed by atoms with E-state index >= 15 is 0 Å². The summed E-state index contributed by atoms with van der Waals surface area (Å²) in [5.41, 5.74) is 2.25. The second kappa shape index (κ2) is 10.8. The van der Waals surface area contributed by atoms with Crippen LogP contribution in [0.2, 0.25) is 0 Å². The molecule has 2 N–H and O–H groups in total. The van der Waals surface area contributed by atoms with Crippen LogP contribution in [-0.2, 0) is 11.3 Å². The minimum atomic E-state index is 0.167. The smallest absolute Gasteiger partial charge is 0.219 e. The first-order chi connectivity index (χ1) is 13.0. The molecule has 0 aliphatic carbocycles. The molecule has 0 bridgehead atoms. The molecule has 2 rings (SSSR count). The zero-order valence-corrected chi connectivity index (χ0v) is 17.0. The predicted octanol–water partition coefficient (Wildman–Crippen LogP) is 1.22. The van der Waals surface area contributed by atoms with Crippen LogP contribution in [0.4, 0.5) is 0 Å². The van der Waals surface area contributed by atoms with Crippen molar-refractivity contribution in [1.82, 2.24) is 20.4 Å². The number of aryl methyl sites for hydroxylation is 1. The van der Waals surface area contributed by atoms with Crippen molar-refractivity contribution in [2.75, 3.05) is 52.9 Å². The van der Waals surface area contributed by atoms with Crippen LogP contribution >= 0.6 is 0 Å². The normalized spacial score (nSPS) is 15.6. The van der Waals surface area contributed by atoms with E-state index in [4.69, 9.17) is 4.74 Å². The van der Waals surface area contributed by atoms with Crippen LogP contribution in [0, 0.1) is 6.92 Å². The highest BCUT2D eigenvalue weighted by molar-refractivity contribution is 5.79. The van der Waals surface area contributed by atoms with E-state index in [9.17, 15) is 4.79 Å². The first kappa shape index (κ1) is 21.0. The fourth-order valence-electron chi connectivity index (χ4n) is 3.11. The molecule has 1 saturated heterocycles. The van der Waals surface area contributed by atoms with Crippen molar-refractivity contribution in [1.29, 1.82) is 0 Å². The number of amides is 1. The van der Waals surface area contributed by atoms with Gasteiger partial charge in [0.1, 0.15) is 5.75 Å². The highest BCUT2D eigenvalue weighted by Crippen LogP contribution is 2.20. The van der Waals surface area contributed by atoms with Gasteiger partial charge in [0, 0.05) is 58.3 Å². The van der Waals surface area contributed by atoms with Crippen molar-refractivity contribution in [2.24, 2.45) is 4.99 Å². The van der Waals surface area contributed by atoms with Gasteiger partial charge in [0.05, 0.1) is 13.7 Å². The van der Waals surface area contributed by atoms with Crippen LogP contribution in [0.5, 0.6) is 5.75 Å². The maximum absolute atomic E-state index is 11.4. The molecule has 1 aromatic carbocycles. The zero-order chi connectivity index (χ0) is 19.6. The quantitative estimate of drug-likeness (QED) is 0.554. The summed E-state index contributed by atoms with van der Waals surface area (Å²) >= 11 is 0. The fourth-order valence-corrected chi connectivity index (χ4v) is 3.11. The molecule has 27 heavy (non-hydrogen) atoms. The zero-order valence-electron chi connectivity index (χ0n) is 17.0. The number of hydrogen-bond donors (Lipinski definition) is 2.